The summed E-state index contributed by atoms with van der Waals surface area (Å²) in [6.07, 6.45) is 7.94. The van der Waals surface area contributed by atoms with Gasteiger partial charge < -0.3 is 20.1 Å². The summed E-state index contributed by atoms with van der Waals surface area (Å²) in [7, 11) is 0. The maximum atomic E-state index is 11.6. The van der Waals surface area contributed by atoms with Crippen LogP contribution in [0, 0.1) is 5.92 Å². The number of carbonyl (C=O) groups excluding carboxylic acids is 1. The molecule has 29 heavy (non-hydrogen) atoms. The third-order valence-corrected chi connectivity index (χ3v) is 5.40. The molecule has 1 saturated carbocycles. The largest absolute Gasteiger partial charge is 0.493 e. The first kappa shape index (κ1) is 21.7. The van der Waals surface area contributed by atoms with Crippen molar-refractivity contribution in [1.29, 1.82) is 0 Å². The second kappa shape index (κ2) is 10.7. The van der Waals surface area contributed by atoms with Crippen molar-refractivity contribution in [1.82, 2.24) is 15.6 Å². The number of alkyl halides is 1. The van der Waals surface area contributed by atoms with Gasteiger partial charge in [0.2, 0.25) is 0 Å². The van der Waals surface area contributed by atoms with E-state index in [4.69, 9.17) is 32.7 Å². The SMILES string of the molecule is C[C@@H](/C=C/c1cnc(Oc2ccc(OCC3CC3)cc2Cl)s1)NC(=O)NCCCl. The Morgan fingerprint density at radius 2 is 2.28 bits per heavy atom. The number of halogens is 2. The zero-order valence-corrected chi connectivity index (χ0v) is 18.3. The van der Waals surface area contributed by atoms with Crippen LogP contribution < -0.4 is 20.1 Å². The number of thiazole rings is 1. The second-order valence-electron chi connectivity index (χ2n) is 6.71. The zero-order chi connectivity index (χ0) is 20.6. The number of rotatable bonds is 10. The maximum absolute atomic E-state index is 11.6. The molecule has 6 nitrogen and oxygen atoms in total. The van der Waals surface area contributed by atoms with Gasteiger partial charge in [0.05, 0.1) is 16.5 Å². The van der Waals surface area contributed by atoms with E-state index in [1.54, 1.807) is 18.3 Å². The van der Waals surface area contributed by atoms with E-state index in [1.165, 1.54) is 24.2 Å². The summed E-state index contributed by atoms with van der Waals surface area (Å²) < 4.78 is 11.5. The molecule has 0 aliphatic heterocycles. The normalized spacial score (nSPS) is 14.6. The Hall–Kier alpha value is -1.96. The summed E-state index contributed by atoms with van der Waals surface area (Å²) in [4.78, 5) is 16.8. The highest BCUT2D eigenvalue weighted by Gasteiger charge is 2.22. The van der Waals surface area contributed by atoms with Crippen molar-refractivity contribution in [2.45, 2.75) is 25.8 Å². The Bertz CT molecular complexity index is 855. The number of nitrogens with one attached hydrogen (secondary N) is 2. The van der Waals surface area contributed by atoms with Crippen LogP contribution in [0.4, 0.5) is 4.79 Å². The van der Waals surface area contributed by atoms with Crippen LogP contribution in [0.1, 0.15) is 24.6 Å². The van der Waals surface area contributed by atoms with Crippen LogP contribution in [0.3, 0.4) is 0 Å². The van der Waals surface area contributed by atoms with E-state index >= 15 is 0 Å². The summed E-state index contributed by atoms with van der Waals surface area (Å²) in [5.74, 6) is 2.33. The van der Waals surface area contributed by atoms with Crippen molar-refractivity contribution in [2.24, 2.45) is 5.92 Å². The van der Waals surface area contributed by atoms with Crippen LogP contribution in [0.5, 0.6) is 16.7 Å². The molecule has 2 aromatic rings. The first-order chi connectivity index (χ1) is 14.0. The number of nitrogens with zero attached hydrogens (tertiary/aromatic N) is 1. The molecule has 3 rings (SSSR count). The molecular weight excluding hydrogens is 433 g/mol. The fraction of sp³-hybridized carbons (Fsp3) is 0.400. The number of hydrogen-bond donors (Lipinski definition) is 2. The first-order valence-corrected chi connectivity index (χ1v) is 11.1. The minimum Gasteiger partial charge on any atom is -0.493 e. The molecule has 0 spiro atoms. The molecule has 1 heterocycles. The lowest BCUT2D eigenvalue weighted by Gasteiger charge is -2.10. The first-order valence-electron chi connectivity index (χ1n) is 9.38. The van der Waals surface area contributed by atoms with E-state index in [1.807, 2.05) is 25.1 Å². The van der Waals surface area contributed by atoms with Gasteiger partial charge in [-0.2, -0.15) is 0 Å². The van der Waals surface area contributed by atoms with E-state index in [0.29, 0.717) is 34.3 Å². The number of hydrogen-bond acceptors (Lipinski definition) is 5. The van der Waals surface area contributed by atoms with E-state index in [0.717, 1.165) is 17.2 Å². The molecule has 0 unspecified atom stereocenters. The lowest BCUT2D eigenvalue weighted by molar-refractivity contribution is 0.240. The molecule has 1 aromatic carbocycles. The van der Waals surface area contributed by atoms with Gasteiger partial charge in [-0.25, -0.2) is 9.78 Å². The Morgan fingerprint density at radius 3 is 3.00 bits per heavy atom. The summed E-state index contributed by atoms with van der Waals surface area (Å²) in [6.45, 7) is 3.04. The molecule has 9 heteroatoms. The van der Waals surface area contributed by atoms with Crippen LogP contribution in [0.15, 0.2) is 30.5 Å². The number of carbonyl (C=O) groups is 1. The Morgan fingerprint density at radius 1 is 1.45 bits per heavy atom. The molecule has 0 radical (unpaired) electrons. The molecule has 0 bridgehead atoms. The van der Waals surface area contributed by atoms with Gasteiger partial charge in [-0.15, -0.1) is 11.6 Å². The zero-order valence-electron chi connectivity index (χ0n) is 16.0. The summed E-state index contributed by atoms with van der Waals surface area (Å²) in [6, 6.07) is 4.99. The Balaban J connectivity index is 1.51. The average Bonchev–Trinajstić information content (AvgIpc) is 3.42. The van der Waals surface area contributed by atoms with Gasteiger partial charge in [0, 0.05) is 30.7 Å². The highest BCUT2D eigenvalue weighted by molar-refractivity contribution is 7.14. The smallest absolute Gasteiger partial charge is 0.315 e. The Kier molecular flexibility index (Phi) is 8.03. The highest BCUT2D eigenvalue weighted by atomic mass is 35.5. The number of benzene rings is 1. The molecule has 0 saturated heterocycles. The van der Waals surface area contributed by atoms with Gasteiger partial charge in [-0.3, -0.25) is 0 Å². The van der Waals surface area contributed by atoms with Gasteiger partial charge in [0.25, 0.3) is 5.19 Å². The van der Waals surface area contributed by atoms with Crippen molar-refractivity contribution in [2.75, 3.05) is 19.0 Å². The number of urea groups is 1. The molecule has 156 valence electrons. The predicted molar refractivity (Wildman–Crippen MR) is 118 cm³/mol. The lowest BCUT2D eigenvalue weighted by Crippen LogP contribution is -2.40. The molecular formula is C20H23Cl2N3O3S. The number of amides is 2. The van der Waals surface area contributed by atoms with Crippen LogP contribution in [0.2, 0.25) is 5.02 Å². The quantitative estimate of drug-likeness (QED) is 0.475. The minimum atomic E-state index is -0.254. The monoisotopic (exact) mass is 455 g/mol. The van der Waals surface area contributed by atoms with Gasteiger partial charge in [-0.1, -0.05) is 29.0 Å². The maximum Gasteiger partial charge on any atom is 0.315 e. The van der Waals surface area contributed by atoms with Crippen LogP contribution in [0.25, 0.3) is 6.08 Å². The summed E-state index contributed by atoms with van der Waals surface area (Å²) in [5.41, 5.74) is 0. The van der Waals surface area contributed by atoms with Gasteiger partial charge >= 0.3 is 6.03 Å². The second-order valence-corrected chi connectivity index (χ2v) is 8.52. The third-order valence-electron chi connectivity index (χ3n) is 4.07. The van der Waals surface area contributed by atoms with Crippen molar-refractivity contribution in [3.05, 3.63) is 40.4 Å². The van der Waals surface area contributed by atoms with Crippen LogP contribution in [-0.4, -0.2) is 36.1 Å². The average molecular weight is 456 g/mol. The molecule has 1 atom stereocenters. The van der Waals surface area contributed by atoms with Gasteiger partial charge in [-0.05, 0) is 43.9 Å². The van der Waals surface area contributed by atoms with E-state index in [-0.39, 0.29) is 12.1 Å². The standard InChI is InChI=1S/C20H23Cl2N3O3S/c1-13(25-19(26)23-9-8-21)2-6-16-11-24-20(29-16)28-18-7-5-15(10-17(18)22)27-12-14-3-4-14/h2,5-7,10-11,13-14H,3-4,8-9,12H2,1H3,(H2,23,25,26)/b6-2+/t13-/m0/s1. The van der Waals surface area contributed by atoms with E-state index in [2.05, 4.69) is 15.6 Å². The van der Waals surface area contributed by atoms with E-state index < -0.39 is 0 Å². The highest BCUT2D eigenvalue weighted by Crippen LogP contribution is 2.35. The molecule has 1 fully saturated rings. The third kappa shape index (κ3) is 7.42. The molecule has 1 aliphatic rings. The van der Waals surface area contributed by atoms with Crippen molar-refractivity contribution >= 4 is 46.6 Å². The molecule has 2 N–H and O–H groups in total. The predicted octanol–water partition coefficient (Wildman–Crippen LogP) is 5.32. The summed E-state index contributed by atoms with van der Waals surface area (Å²) in [5, 5.41) is 6.41. The topological polar surface area (TPSA) is 72.5 Å². The van der Waals surface area contributed by atoms with Gasteiger partial charge in [0.15, 0.2) is 0 Å². The molecule has 1 aliphatic carbocycles. The minimum absolute atomic E-state index is 0.144. The van der Waals surface area contributed by atoms with Crippen molar-refractivity contribution in [3.63, 3.8) is 0 Å². The van der Waals surface area contributed by atoms with Crippen LogP contribution >= 0.6 is 34.5 Å². The molecule has 1 aromatic heterocycles. The van der Waals surface area contributed by atoms with Crippen molar-refractivity contribution < 1.29 is 14.3 Å². The fourth-order valence-corrected chi connectivity index (χ4v) is 3.34. The fourth-order valence-electron chi connectivity index (χ4n) is 2.35. The number of aromatic nitrogens is 1. The van der Waals surface area contributed by atoms with Crippen LogP contribution in [-0.2, 0) is 0 Å². The Labute approximate surface area is 184 Å². The van der Waals surface area contributed by atoms with E-state index in [9.17, 15) is 4.79 Å². The lowest BCUT2D eigenvalue weighted by atomic mass is 10.3. The van der Waals surface area contributed by atoms with Gasteiger partial charge in [0.1, 0.15) is 11.5 Å². The van der Waals surface area contributed by atoms with Crippen molar-refractivity contribution in [3.8, 4) is 16.7 Å². The molecule has 2 amide bonds. The number of ether oxygens (including phenoxy) is 2. The summed E-state index contributed by atoms with van der Waals surface area (Å²) >= 11 is 13.2.